The zero-order valence-corrected chi connectivity index (χ0v) is 6.25. The molecule has 0 heterocycles. The third-order valence-corrected chi connectivity index (χ3v) is 1.85. The Bertz CT molecular complexity index is 17.1. The summed E-state index contributed by atoms with van der Waals surface area (Å²) in [7, 11) is 5.24. The number of rotatable bonds is 2. The van der Waals surface area contributed by atoms with Crippen molar-refractivity contribution in [2.24, 2.45) is 0 Å². The van der Waals surface area contributed by atoms with Crippen LogP contribution in [-0.4, -0.2) is 23.4 Å². The van der Waals surface area contributed by atoms with Crippen molar-refractivity contribution in [3.8, 4) is 0 Å². The Morgan fingerprint density at radius 1 is 2.00 bits per heavy atom. The third-order valence-electron chi connectivity index (χ3n) is 0.230. The van der Waals surface area contributed by atoms with Crippen LogP contribution in [0.4, 0.5) is 0 Å². The second-order valence-electron chi connectivity index (χ2n) is 0.544. The SMILES string of the molecule is CC[O][Ga][Cl]. The maximum absolute atomic E-state index is 5.24. The van der Waals surface area contributed by atoms with E-state index in [0.717, 1.165) is 6.61 Å². The molecule has 0 fully saturated rings. The Morgan fingerprint density at radius 3 is 2.60 bits per heavy atom. The first-order valence-corrected chi connectivity index (χ1v) is 5.62. The zero-order valence-electron chi connectivity index (χ0n) is 3.07. The molecule has 0 spiro atoms. The van der Waals surface area contributed by atoms with Gasteiger partial charge in [-0.3, -0.25) is 0 Å². The van der Waals surface area contributed by atoms with E-state index < -0.39 is 16.8 Å². The van der Waals surface area contributed by atoms with Gasteiger partial charge < -0.3 is 0 Å². The fourth-order valence-corrected chi connectivity index (χ4v) is 0.982. The standard InChI is InChI=1S/C2H5O.ClH.Ga/c1-2-3;;/h2H2,1H3;1H;/q-1;;+2/p-1. The van der Waals surface area contributed by atoms with Crippen molar-refractivity contribution in [2.45, 2.75) is 6.92 Å². The summed E-state index contributed by atoms with van der Waals surface area (Å²) in [5, 5.41) is 0. The molecule has 0 aliphatic heterocycles. The second kappa shape index (κ2) is 4.89. The molecule has 0 atom stereocenters. The molecule has 0 bridgehead atoms. The van der Waals surface area contributed by atoms with Gasteiger partial charge in [-0.05, 0) is 0 Å². The van der Waals surface area contributed by atoms with Gasteiger partial charge in [0, 0.05) is 0 Å². The van der Waals surface area contributed by atoms with Crippen LogP contribution < -0.4 is 0 Å². The van der Waals surface area contributed by atoms with Gasteiger partial charge in [-0.1, -0.05) is 0 Å². The molecule has 0 unspecified atom stereocenters. The van der Waals surface area contributed by atoms with Crippen LogP contribution in [0.15, 0.2) is 0 Å². The fraction of sp³-hybridized carbons (Fsp3) is 1.00. The van der Waals surface area contributed by atoms with Crippen molar-refractivity contribution < 1.29 is 3.53 Å². The Labute approximate surface area is 43.9 Å². The van der Waals surface area contributed by atoms with E-state index in [9.17, 15) is 0 Å². The zero-order chi connectivity index (χ0) is 4.12. The molecule has 0 aliphatic rings. The molecule has 29 valence electrons. The van der Waals surface area contributed by atoms with E-state index in [2.05, 4.69) is 0 Å². The Hall–Kier alpha value is 0.886. The summed E-state index contributed by atoms with van der Waals surface area (Å²) in [5.74, 6) is 0. The Balaban J connectivity index is 2.19. The molecule has 1 radical (unpaired) electrons. The average Bonchev–Trinajstić information content (AvgIpc) is 1.41. The number of hydrogen-bond acceptors (Lipinski definition) is 1. The predicted octanol–water partition coefficient (Wildman–Crippen LogP) is 0.796. The van der Waals surface area contributed by atoms with Gasteiger partial charge in [0.2, 0.25) is 0 Å². The molecule has 0 aromatic heterocycles. The summed E-state index contributed by atoms with van der Waals surface area (Å²) in [5.41, 5.74) is 0. The van der Waals surface area contributed by atoms with Gasteiger partial charge in [-0.2, -0.15) is 0 Å². The molecule has 0 aliphatic carbocycles. The predicted molar refractivity (Wildman–Crippen MR) is 23.2 cm³/mol. The van der Waals surface area contributed by atoms with Crippen LogP contribution in [0.2, 0.25) is 0 Å². The van der Waals surface area contributed by atoms with Gasteiger partial charge in [0.1, 0.15) is 0 Å². The normalized spacial score (nSPS) is 7.60. The van der Waals surface area contributed by atoms with Gasteiger partial charge in [-0.25, -0.2) is 0 Å². The Morgan fingerprint density at radius 2 is 2.60 bits per heavy atom. The fourth-order valence-electron chi connectivity index (χ4n) is 0.0630. The number of halogens is 1. The summed E-state index contributed by atoms with van der Waals surface area (Å²) in [6.07, 6.45) is 0. The van der Waals surface area contributed by atoms with Crippen molar-refractivity contribution in [2.75, 3.05) is 6.61 Å². The summed E-state index contributed by atoms with van der Waals surface area (Å²) in [6, 6.07) is 0. The van der Waals surface area contributed by atoms with Gasteiger partial charge in [0.05, 0.1) is 0 Å². The van der Waals surface area contributed by atoms with Crippen LogP contribution in [0.3, 0.4) is 0 Å². The van der Waals surface area contributed by atoms with Crippen LogP contribution in [0.5, 0.6) is 0 Å². The second-order valence-corrected chi connectivity index (χ2v) is 2.54. The van der Waals surface area contributed by atoms with E-state index in [-0.39, 0.29) is 0 Å². The maximum atomic E-state index is 5.24. The van der Waals surface area contributed by atoms with Gasteiger partial charge >= 0.3 is 43.5 Å². The molecule has 0 saturated heterocycles. The van der Waals surface area contributed by atoms with Crippen molar-refractivity contribution in [1.29, 1.82) is 0 Å². The monoisotopic (exact) mass is 149 g/mol. The number of hydrogen-bond donors (Lipinski definition) is 0. The molecular formula is C2H5ClGaO. The first-order chi connectivity index (χ1) is 2.41. The molecule has 3 heteroatoms. The summed E-state index contributed by atoms with van der Waals surface area (Å²) >= 11 is -0.730. The summed E-state index contributed by atoms with van der Waals surface area (Å²) < 4.78 is 4.76. The van der Waals surface area contributed by atoms with Crippen LogP contribution in [0, 0.1) is 0 Å². The quantitative estimate of drug-likeness (QED) is 0.529. The van der Waals surface area contributed by atoms with E-state index in [1.54, 1.807) is 0 Å². The summed E-state index contributed by atoms with van der Waals surface area (Å²) in [6.45, 7) is 2.73. The van der Waals surface area contributed by atoms with E-state index in [4.69, 9.17) is 13.2 Å². The minimum absolute atomic E-state index is 0.730. The van der Waals surface area contributed by atoms with Crippen molar-refractivity contribution in [3.63, 3.8) is 0 Å². The van der Waals surface area contributed by atoms with Crippen LogP contribution >= 0.6 is 9.64 Å². The molecule has 0 N–H and O–H groups in total. The molecular weight excluding hydrogens is 145 g/mol. The van der Waals surface area contributed by atoms with Crippen molar-refractivity contribution in [3.05, 3.63) is 0 Å². The molecule has 0 saturated carbocycles. The minimum atomic E-state index is -0.730. The van der Waals surface area contributed by atoms with Crippen LogP contribution in [0.25, 0.3) is 0 Å². The molecule has 0 aromatic rings. The molecule has 5 heavy (non-hydrogen) atoms. The average molecular weight is 150 g/mol. The van der Waals surface area contributed by atoms with Gasteiger partial charge in [0.15, 0.2) is 0 Å². The first kappa shape index (κ1) is 5.89. The van der Waals surface area contributed by atoms with E-state index in [0.29, 0.717) is 0 Å². The molecule has 0 aromatic carbocycles. The first-order valence-electron chi connectivity index (χ1n) is 1.45. The van der Waals surface area contributed by atoms with Gasteiger partial charge in [0.25, 0.3) is 0 Å². The van der Waals surface area contributed by atoms with Crippen molar-refractivity contribution >= 4 is 26.4 Å². The van der Waals surface area contributed by atoms with E-state index in [1.807, 2.05) is 6.92 Å². The third kappa shape index (κ3) is 4.89. The summed E-state index contributed by atoms with van der Waals surface area (Å²) in [4.78, 5) is 0. The van der Waals surface area contributed by atoms with E-state index in [1.165, 1.54) is 0 Å². The topological polar surface area (TPSA) is 9.23 Å². The molecule has 1 nitrogen and oxygen atoms in total. The van der Waals surface area contributed by atoms with E-state index >= 15 is 0 Å². The molecule has 0 rings (SSSR count). The van der Waals surface area contributed by atoms with Crippen LogP contribution in [0.1, 0.15) is 6.92 Å². The van der Waals surface area contributed by atoms with Gasteiger partial charge in [-0.15, -0.1) is 0 Å². The van der Waals surface area contributed by atoms with Crippen LogP contribution in [-0.2, 0) is 3.53 Å². The molecule has 0 amide bonds. The Kier molecular flexibility index (Phi) is 5.75. The van der Waals surface area contributed by atoms with Crippen molar-refractivity contribution in [1.82, 2.24) is 0 Å².